The Hall–Kier alpha value is -1.30. The first-order valence-electron chi connectivity index (χ1n) is 9.08. The topological polar surface area (TPSA) is 66.0 Å². The molecule has 1 atom stereocenters. The third-order valence-electron chi connectivity index (χ3n) is 4.73. The Kier molecular flexibility index (Phi) is 7.65. The van der Waals surface area contributed by atoms with E-state index in [1.165, 1.54) is 0 Å². The van der Waals surface area contributed by atoms with E-state index >= 15 is 0 Å². The highest BCUT2D eigenvalue weighted by Crippen LogP contribution is 2.19. The molecule has 2 heterocycles. The Bertz CT molecular complexity index is 386. The summed E-state index contributed by atoms with van der Waals surface area (Å²) in [6.07, 6.45) is 5.94. The number of likely N-dealkylation sites (tertiary alicyclic amines) is 1. The summed E-state index contributed by atoms with van der Waals surface area (Å²) in [7, 11) is 0. The summed E-state index contributed by atoms with van der Waals surface area (Å²) >= 11 is 0. The Morgan fingerprint density at radius 3 is 2.65 bits per heavy atom. The largest absolute Gasteiger partial charge is 0.376 e. The molecule has 0 bridgehead atoms. The average molecular weight is 324 g/mol. The van der Waals surface area contributed by atoms with E-state index in [0.717, 1.165) is 77.4 Å². The van der Waals surface area contributed by atoms with Gasteiger partial charge in [0.05, 0.1) is 12.6 Å². The molecule has 132 valence electrons. The maximum atomic E-state index is 11.3. The molecule has 2 rings (SSSR count). The first kappa shape index (κ1) is 18.0. The van der Waals surface area contributed by atoms with Crippen LogP contribution in [-0.4, -0.2) is 62.2 Å². The smallest absolute Gasteiger partial charge is 0.219 e. The number of guanidine groups is 1. The molecule has 0 aromatic rings. The normalized spacial score (nSPS) is 23.1. The van der Waals surface area contributed by atoms with Gasteiger partial charge < -0.3 is 20.3 Å². The lowest BCUT2D eigenvalue weighted by Crippen LogP contribution is -2.40. The van der Waals surface area contributed by atoms with Crippen molar-refractivity contribution >= 4 is 11.9 Å². The number of piperidine rings is 1. The summed E-state index contributed by atoms with van der Waals surface area (Å²) in [5.74, 6) is 1.81. The Morgan fingerprint density at radius 2 is 2.04 bits per heavy atom. The van der Waals surface area contributed by atoms with E-state index in [4.69, 9.17) is 4.74 Å². The number of hydrogen-bond donors (Lipinski definition) is 2. The van der Waals surface area contributed by atoms with E-state index in [9.17, 15) is 4.79 Å². The fourth-order valence-electron chi connectivity index (χ4n) is 3.25. The van der Waals surface area contributed by atoms with E-state index in [1.807, 2.05) is 4.90 Å². The molecular weight excluding hydrogens is 292 g/mol. The number of hydrogen-bond acceptors (Lipinski definition) is 3. The quantitative estimate of drug-likeness (QED) is 0.572. The maximum Gasteiger partial charge on any atom is 0.219 e. The first-order chi connectivity index (χ1) is 11.2. The number of carbonyl (C=O) groups is 1. The standard InChI is InChI=1S/C17H32N4O2/c1-3-18-17(20-13-16-5-4-12-23-16)19-9-6-15-7-10-21(11-8-15)14(2)22/h15-16H,3-13H2,1-2H3,(H2,18,19,20). The van der Waals surface area contributed by atoms with E-state index < -0.39 is 0 Å². The van der Waals surface area contributed by atoms with E-state index in [0.29, 0.717) is 12.0 Å². The zero-order valence-corrected chi connectivity index (χ0v) is 14.6. The molecular formula is C17H32N4O2. The van der Waals surface area contributed by atoms with Crippen molar-refractivity contribution in [2.45, 2.75) is 52.1 Å². The molecule has 2 aliphatic rings. The van der Waals surface area contributed by atoms with Crippen LogP contribution in [-0.2, 0) is 9.53 Å². The number of rotatable bonds is 6. The molecule has 2 fully saturated rings. The molecule has 2 aliphatic heterocycles. The minimum Gasteiger partial charge on any atom is -0.376 e. The van der Waals surface area contributed by atoms with Gasteiger partial charge in [0.15, 0.2) is 5.96 Å². The van der Waals surface area contributed by atoms with Gasteiger partial charge in [-0.1, -0.05) is 0 Å². The van der Waals surface area contributed by atoms with Crippen LogP contribution in [0.3, 0.4) is 0 Å². The molecule has 1 unspecified atom stereocenters. The number of ether oxygens (including phenoxy) is 1. The number of aliphatic imine (C=N–C) groups is 1. The van der Waals surface area contributed by atoms with Gasteiger partial charge in [0.25, 0.3) is 0 Å². The third-order valence-corrected chi connectivity index (χ3v) is 4.73. The third kappa shape index (κ3) is 6.37. The summed E-state index contributed by atoms with van der Waals surface area (Å²) in [4.78, 5) is 17.9. The molecule has 2 saturated heterocycles. The highest BCUT2D eigenvalue weighted by Gasteiger charge is 2.20. The molecule has 23 heavy (non-hydrogen) atoms. The Labute approximate surface area is 140 Å². The van der Waals surface area contributed by atoms with Crippen molar-refractivity contribution in [3.05, 3.63) is 0 Å². The van der Waals surface area contributed by atoms with Gasteiger partial charge in [-0.2, -0.15) is 0 Å². The fourth-order valence-corrected chi connectivity index (χ4v) is 3.25. The SMILES string of the molecule is CCNC(=NCC1CCCO1)NCCC1CCN(C(C)=O)CC1. The van der Waals surface area contributed by atoms with Crippen LogP contribution < -0.4 is 10.6 Å². The minimum atomic E-state index is 0.206. The van der Waals surface area contributed by atoms with Crippen molar-refractivity contribution in [3.63, 3.8) is 0 Å². The highest BCUT2D eigenvalue weighted by molar-refractivity contribution is 5.79. The van der Waals surface area contributed by atoms with Crippen LogP contribution in [0.25, 0.3) is 0 Å². The predicted molar refractivity (Wildman–Crippen MR) is 92.6 cm³/mol. The lowest BCUT2D eigenvalue weighted by atomic mass is 9.93. The van der Waals surface area contributed by atoms with Crippen LogP contribution in [0.1, 0.15) is 46.0 Å². The van der Waals surface area contributed by atoms with Gasteiger partial charge in [0, 0.05) is 39.7 Å². The van der Waals surface area contributed by atoms with Crippen LogP contribution in [0.2, 0.25) is 0 Å². The second-order valence-corrected chi connectivity index (χ2v) is 6.52. The average Bonchev–Trinajstić information content (AvgIpc) is 3.06. The predicted octanol–water partition coefficient (Wildman–Crippen LogP) is 1.37. The molecule has 6 heteroatoms. The summed E-state index contributed by atoms with van der Waals surface area (Å²) in [5, 5.41) is 6.73. The van der Waals surface area contributed by atoms with E-state index in [-0.39, 0.29) is 5.91 Å². The van der Waals surface area contributed by atoms with Gasteiger partial charge in [0.1, 0.15) is 0 Å². The van der Waals surface area contributed by atoms with Crippen molar-refractivity contribution < 1.29 is 9.53 Å². The molecule has 0 aromatic heterocycles. The van der Waals surface area contributed by atoms with Crippen molar-refractivity contribution in [3.8, 4) is 0 Å². The number of carbonyl (C=O) groups excluding carboxylic acids is 1. The van der Waals surface area contributed by atoms with Crippen LogP contribution in [0, 0.1) is 5.92 Å². The second-order valence-electron chi connectivity index (χ2n) is 6.52. The highest BCUT2D eigenvalue weighted by atomic mass is 16.5. The number of nitrogens with zero attached hydrogens (tertiary/aromatic N) is 2. The first-order valence-corrected chi connectivity index (χ1v) is 9.08. The summed E-state index contributed by atoms with van der Waals surface area (Å²) < 4.78 is 5.62. The molecule has 0 spiro atoms. The fraction of sp³-hybridized carbons (Fsp3) is 0.882. The van der Waals surface area contributed by atoms with Gasteiger partial charge in [-0.15, -0.1) is 0 Å². The number of amides is 1. The maximum absolute atomic E-state index is 11.3. The van der Waals surface area contributed by atoms with Crippen LogP contribution >= 0.6 is 0 Å². The lowest BCUT2D eigenvalue weighted by molar-refractivity contribution is -0.130. The van der Waals surface area contributed by atoms with Crippen molar-refractivity contribution in [1.29, 1.82) is 0 Å². The zero-order chi connectivity index (χ0) is 16.5. The molecule has 6 nitrogen and oxygen atoms in total. The lowest BCUT2D eigenvalue weighted by Gasteiger charge is -2.31. The number of nitrogens with one attached hydrogen (secondary N) is 2. The van der Waals surface area contributed by atoms with E-state index in [1.54, 1.807) is 6.92 Å². The van der Waals surface area contributed by atoms with Crippen molar-refractivity contribution in [1.82, 2.24) is 15.5 Å². The van der Waals surface area contributed by atoms with Crippen molar-refractivity contribution in [2.75, 3.05) is 39.3 Å². The van der Waals surface area contributed by atoms with Crippen LogP contribution in [0.15, 0.2) is 4.99 Å². The van der Waals surface area contributed by atoms with Crippen molar-refractivity contribution in [2.24, 2.45) is 10.9 Å². The summed E-state index contributed by atoms with van der Waals surface area (Å²) in [6, 6.07) is 0. The minimum absolute atomic E-state index is 0.206. The molecule has 2 N–H and O–H groups in total. The summed E-state index contributed by atoms with van der Waals surface area (Å²) in [6.45, 7) is 8.99. The second kappa shape index (κ2) is 9.75. The zero-order valence-electron chi connectivity index (χ0n) is 14.6. The molecule has 0 aliphatic carbocycles. The van der Waals surface area contributed by atoms with Gasteiger partial charge >= 0.3 is 0 Å². The monoisotopic (exact) mass is 324 g/mol. The molecule has 0 saturated carbocycles. The summed E-state index contributed by atoms with van der Waals surface area (Å²) in [5.41, 5.74) is 0. The van der Waals surface area contributed by atoms with Crippen LogP contribution in [0.4, 0.5) is 0 Å². The molecule has 0 aromatic carbocycles. The van der Waals surface area contributed by atoms with Gasteiger partial charge in [-0.05, 0) is 44.9 Å². The van der Waals surface area contributed by atoms with E-state index in [2.05, 4.69) is 22.5 Å². The Morgan fingerprint density at radius 1 is 1.26 bits per heavy atom. The van der Waals surface area contributed by atoms with Gasteiger partial charge in [0.2, 0.25) is 5.91 Å². The molecule has 1 amide bonds. The molecule has 0 radical (unpaired) electrons. The Balaban J connectivity index is 1.65. The van der Waals surface area contributed by atoms with Crippen LogP contribution in [0.5, 0.6) is 0 Å². The van der Waals surface area contributed by atoms with Gasteiger partial charge in [-0.25, -0.2) is 0 Å². The van der Waals surface area contributed by atoms with Gasteiger partial charge in [-0.3, -0.25) is 9.79 Å².